The second-order valence-electron chi connectivity index (χ2n) is 5.45. The Balaban J connectivity index is 2.12. The molecule has 0 aromatic carbocycles. The van der Waals surface area contributed by atoms with Crippen molar-refractivity contribution in [2.45, 2.75) is 40.0 Å². The summed E-state index contributed by atoms with van der Waals surface area (Å²) in [6.07, 6.45) is 8.11. The maximum Gasteiger partial charge on any atom is 0.155 e. The zero-order valence-corrected chi connectivity index (χ0v) is 10.8. The number of carbonyl (C=O) groups excluding carboxylic acids is 1. The van der Waals surface area contributed by atoms with Crippen LogP contribution in [0.1, 0.15) is 39.2 Å². The molecule has 1 aromatic rings. The van der Waals surface area contributed by atoms with Crippen molar-refractivity contribution >= 4 is 5.78 Å². The molecule has 1 aliphatic rings. The summed E-state index contributed by atoms with van der Waals surface area (Å²) in [4.78, 5) is 11.5. The zero-order valence-electron chi connectivity index (χ0n) is 10.8. The van der Waals surface area contributed by atoms with E-state index in [2.05, 4.69) is 20.8 Å². The Morgan fingerprint density at radius 3 is 2.88 bits per heavy atom. The fourth-order valence-electron chi connectivity index (χ4n) is 2.66. The third kappa shape index (κ3) is 2.36. The van der Waals surface area contributed by atoms with Crippen LogP contribution < -0.4 is 0 Å². The van der Waals surface area contributed by atoms with E-state index in [1.54, 1.807) is 12.5 Å². The first kappa shape index (κ1) is 12.2. The minimum Gasteiger partial charge on any atom is -0.472 e. The maximum absolute atomic E-state index is 11.5. The molecule has 2 rings (SSSR count). The smallest absolute Gasteiger partial charge is 0.155 e. The lowest BCUT2D eigenvalue weighted by Gasteiger charge is -2.39. The molecule has 0 saturated carbocycles. The molecular weight excluding hydrogens is 212 g/mol. The standard InChI is InChI=1S/C15H20O2/c1-11-8-14(16)9-12(2)15(11,3)6-4-13-5-7-17-10-13/h5,7-8,10,12H,4,6,9H2,1-3H3/t12-,15-/m1/s1. The third-order valence-corrected chi connectivity index (χ3v) is 4.39. The van der Waals surface area contributed by atoms with Crippen molar-refractivity contribution in [2.75, 3.05) is 0 Å². The molecule has 1 aromatic heterocycles. The van der Waals surface area contributed by atoms with Crippen LogP contribution in [0.15, 0.2) is 34.7 Å². The topological polar surface area (TPSA) is 30.2 Å². The van der Waals surface area contributed by atoms with Crippen molar-refractivity contribution in [3.8, 4) is 0 Å². The number of hydrogen-bond acceptors (Lipinski definition) is 2. The number of rotatable bonds is 3. The minimum atomic E-state index is 0.144. The summed E-state index contributed by atoms with van der Waals surface area (Å²) in [5.41, 5.74) is 2.61. The fourth-order valence-corrected chi connectivity index (χ4v) is 2.66. The van der Waals surface area contributed by atoms with Crippen LogP contribution in [-0.2, 0) is 11.2 Å². The highest BCUT2D eigenvalue weighted by molar-refractivity contribution is 5.91. The summed E-state index contributed by atoms with van der Waals surface area (Å²) >= 11 is 0. The van der Waals surface area contributed by atoms with Gasteiger partial charge in [-0.1, -0.05) is 19.4 Å². The van der Waals surface area contributed by atoms with Crippen LogP contribution in [0.2, 0.25) is 0 Å². The number of carbonyl (C=O) groups is 1. The molecular formula is C15H20O2. The van der Waals surface area contributed by atoms with Gasteiger partial charge in [0, 0.05) is 6.42 Å². The normalized spacial score (nSPS) is 29.2. The van der Waals surface area contributed by atoms with E-state index in [0.717, 1.165) is 12.8 Å². The molecule has 0 unspecified atom stereocenters. The van der Waals surface area contributed by atoms with Crippen molar-refractivity contribution in [3.05, 3.63) is 35.8 Å². The number of allylic oxidation sites excluding steroid dienone is 2. The molecule has 0 bridgehead atoms. The number of hydrogen-bond donors (Lipinski definition) is 0. The molecule has 92 valence electrons. The predicted molar refractivity (Wildman–Crippen MR) is 67.7 cm³/mol. The van der Waals surface area contributed by atoms with Crippen molar-refractivity contribution in [3.63, 3.8) is 0 Å². The van der Waals surface area contributed by atoms with Gasteiger partial charge in [0.25, 0.3) is 0 Å². The molecule has 1 aliphatic carbocycles. The van der Waals surface area contributed by atoms with Crippen LogP contribution in [0, 0.1) is 11.3 Å². The van der Waals surface area contributed by atoms with E-state index in [-0.39, 0.29) is 11.2 Å². The molecule has 0 amide bonds. The van der Waals surface area contributed by atoms with Gasteiger partial charge in [-0.3, -0.25) is 4.79 Å². The van der Waals surface area contributed by atoms with Crippen LogP contribution in [0.3, 0.4) is 0 Å². The summed E-state index contributed by atoms with van der Waals surface area (Å²) in [6.45, 7) is 6.54. The molecule has 2 nitrogen and oxygen atoms in total. The van der Waals surface area contributed by atoms with Crippen LogP contribution in [0.25, 0.3) is 0 Å². The van der Waals surface area contributed by atoms with Crippen LogP contribution in [0.4, 0.5) is 0 Å². The summed E-state index contributed by atoms with van der Waals surface area (Å²) in [7, 11) is 0. The second-order valence-corrected chi connectivity index (χ2v) is 5.45. The Labute approximate surface area is 103 Å². The van der Waals surface area contributed by atoms with E-state index >= 15 is 0 Å². The van der Waals surface area contributed by atoms with Gasteiger partial charge in [-0.25, -0.2) is 0 Å². The van der Waals surface area contributed by atoms with Crippen molar-refractivity contribution in [2.24, 2.45) is 11.3 Å². The Bertz CT molecular complexity index is 428. The van der Waals surface area contributed by atoms with Gasteiger partial charge in [0.05, 0.1) is 12.5 Å². The van der Waals surface area contributed by atoms with E-state index in [1.165, 1.54) is 11.1 Å². The van der Waals surface area contributed by atoms with Gasteiger partial charge in [-0.15, -0.1) is 0 Å². The average Bonchev–Trinajstić information content (AvgIpc) is 2.76. The molecule has 0 radical (unpaired) electrons. The molecule has 0 saturated heterocycles. The van der Waals surface area contributed by atoms with E-state index in [1.807, 2.05) is 12.1 Å². The first-order chi connectivity index (χ1) is 8.02. The molecule has 1 heterocycles. The monoisotopic (exact) mass is 232 g/mol. The lowest BCUT2D eigenvalue weighted by molar-refractivity contribution is -0.117. The van der Waals surface area contributed by atoms with E-state index < -0.39 is 0 Å². The van der Waals surface area contributed by atoms with Crippen molar-refractivity contribution in [1.29, 1.82) is 0 Å². The quantitative estimate of drug-likeness (QED) is 0.794. The largest absolute Gasteiger partial charge is 0.472 e. The van der Waals surface area contributed by atoms with Crippen molar-refractivity contribution in [1.82, 2.24) is 0 Å². The summed E-state index contributed by atoms with van der Waals surface area (Å²) in [5.74, 6) is 0.697. The predicted octanol–water partition coefficient (Wildman–Crippen LogP) is 3.77. The highest BCUT2D eigenvalue weighted by Gasteiger charge is 2.36. The molecule has 0 N–H and O–H groups in total. The van der Waals surface area contributed by atoms with Crippen LogP contribution >= 0.6 is 0 Å². The zero-order chi connectivity index (χ0) is 12.5. The lowest BCUT2D eigenvalue weighted by Crippen LogP contribution is -2.33. The number of furan rings is 1. The fraction of sp³-hybridized carbons (Fsp3) is 0.533. The second kappa shape index (κ2) is 4.52. The van der Waals surface area contributed by atoms with Crippen molar-refractivity contribution < 1.29 is 9.21 Å². The Morgan fingerprint density at radius 2 is 2.29 bits per heavy atom. The van der Waals surface area contributed by atoms with Crippen LogP contribution in [-0.4, -0.2) is 5.78 Å². The van der Waals surface area contributed by atoms with Gasteiger partial charge in [0.15, 0.2) is 5.78 Å². The maximum atomic E-state index is 11.5. The van der Waals surface area contributed by atoms with Gasteiger partial charge < -0.3 is 4.42 Å². The van der Waals surface area contributed by atoms with Gasteiger partial charge in [0.2, 0.25) is 0 Å². The molecule has 0 aliphatic heterocycles. The highest BCUT2D eigenvalue weighted by atomic mass is 16.3. The third-order valence-electron chi connectivity index (χ3n) is 4.39. The number of aryl methyl sites for hydroxylation is 1. The molecule has 17 heavy (non-hydrogen) atoms. The van der Waals surface area contributed by atoms with Gasteiger partial charge in [-0.2, -0.15) is 0 Å². The Hall–Kier alpha value is -1.31. The molecule has 0 spiro atoms. The van der Waals surface area contributed by atoms with Crippen LogP contribution in [0.5, 0.6) is 0 Å². The lowest BCUT2D eigenvalue weighted by atomic mass is 9.65. The first-order valence-corrected chi connectivity index (χ1v) is 6.25. The minimum absolute atomic E-state index is 0.144. The summed E-state index contributed by atoms with van der Waals surface area (Å²) in [6, 6.07) is 2.01. The first-order valence-electron chi connectivity index (χ1n) is 6.25. The van der Waals surface area contributed by atoms with Gasteiger partial charge in [0.1, 0.15) is 0 Å². The average molecular weight is 232 g/mol. The molecule has 0 fully saturated rings. The van der Waals surface area contributed by atoms with Gasteiger partial charge >= 0.3 is 0 Å². The highest BCUT2D eigenvalue weighted by Crippen LogP contribution is 2.44. The summed E-state index contributed by atoms with van der Waals surface area (Å²) in [5, 5.41) is 0. The van der Waals surface area contributed by atoms with Gasteiger partial charge in [-0.05, 0) is 48.8 Å². The van der Waals surface area contributed by atoms with E-state index in [9.17, 15) is 4.79 Å². The van der Waals surface area contributed by atoms with E-state index in [0.29, 0.717) is 12.3 Å². The Morgan fingerprint density at radius 1 is 1.53 bits per heavy atom. The SMILES string of the molecule is CC1=CC(=O)C[C@@H](C)[C@]1(C)CCc1ccoc1. The molecule has 2 atom stereocenters. The summed E-state index contributed by atoms with van der Waals surface area (Å²) < 4.78 is 5.09. The van der Waals surface area contributed by atoms with E-state index in [4.69, 9.17) is 4.42 Å². The molecule has 2 heteroatoms. The number of ketones is 1. The Kier molecular flexibility index (Phi) is 3.23.